The molecule has 0 amide bonds. The fourth-order valence-electron chi connectivity index (χ4n) is 2.82. The van der Waals surface area contributed by atoms with Crippen molar-refractivity contribution in [2.75, 3.05) is 13.2 Å². The zero-order valence-electron chi connectivity index (χ0n) is 15.4. The van der Waals surface area contributed by atoms with Gasteiger partial charge in [-0.25, -0.2) is 0 Å². The first-order chi connectivity index (χ1) is 12.5. The standard InChI is InChI=1S/C22H26O4/c1-22(2)15-24-21(25-16-22)13-7-12-20(23)17-8-6-11-19(14-17)26-18-9-4-3-5-10-18/h3-6,8-11,14,21H,7,12-13,15-16H2,1-2H3. The van der Waals surface area contributed by atoms with Crippen LogP contribution in [0.2, 0.25) is 0 Å². The molecule has 0 spiro atoms. The molecule has 4 heteroatoms. The molecule has 138 valence electrons. The number of ketones is 1. The molecule has 1 saturated heterocycles. The molecular formula is C22H26O4. The van der Waals surface area contributed by atoms with Crippen molar-refractivity contribution in [2.24, 2.45) is 5.41 Å². The number of benzene rings is 2. The molecule has 0 bridgehead atoms. The van der Waals surface area contributed by atoms with Gasteiger partial charge in [-0.2, -0.15) is 0 Å². The maximum Gasteiger partial charge on any atom is 0.163 e. The third-order valence-corrected chi connectivity index (χ3v) is 4.30. The second-order valence-electron chi connectivity index (χ2n) is 7.47. The van der Waals surface area contributed by atoms with Gasteiger partial charge in [0.05, 0.1) is 13.2 Å². The molecule has 2 aromatic rings. The van der Waals surface area contributed by atoms with E-state index in [9.17, 15) is 4.79 Å². The molecule has 4 nitrogen and oxygen atoms in total. The molecule has 0 N–H and O–H groups in total. The van der Waals surface area contributed by atoms with Crippen molar-refractivity contribution in [2.45, 2.75) is 39.4 Å². The molecule has 2 aromatic carbocycles. The number of carbonyl (C=O) groups is 1. The summed E-state index contributed by atoms with van der Waals surface area (Å²) in [6, 6.07) is 16.9. The summed E-state index contributed by atoms with van der Waals surface area (Å²) in [5, 5.41) is 0. The summed E-state index contributed by atoms with van der Waals surface area (Å²) in [7, 11) is 0. The van der Waals surface area contributed by atoms with Crippen LogP contribution in [0, 0.1) is 5.41 Å². The molecule has 0 saturated carbocycles. The lowest BCUT2D eigenvalue weighted by atomic mass is 9.95. The Morgan fingerprint density at radius 3 is 2.46 bits per heavy atom. The molecule has 1 heterocycles. The maximum atomic E-state index is 12.5. The highest BCUT2D eigenvalue weighted by Gasteiger charge is 2.28. The fraction of sp³-hybridized carbons (Fsp3) is 0.409. The Morgan fingerprint density at radius 1 is 1.04 bits per heavy atom. The number of hydrogen-bond acceptors (Lipinski definition) is 4. The van der Waals surface area contributed by atoms with Gasteiger partial charge in [-0.05, 0) is 37.1 Å². The Kier molecular flexibility index (Phi) is 6.07. The van der Waals surface area contributed by atoms with Crippen molar-refractivity contribution in [1.82, 2.24) is 0 Å². The predicted molar refractivity (Wildman–Crippen MR) is 101 cm³/mol. The molecule has 26 heavy (non-hydrogen) atoms. The van der Waals surface area contributed by atoms with E-state index in [0.29, 0.717) is 30.9 Å². The number of carbonyl (C=O) groups excluding carboxylic acids is 1. The molecule has 0 atom stereocenters. The topological polar surface area (TPSA) is 44.8 Å². The first-order valence-corrected chi connectivity index (χ1v) is 9.11. The van der Waals surface area contributed by atoms with Crippen LogP contribution in [-0.2, 0) is 9.47 Å². The largest absolute Gasteiger partial charge is 0.457 e. The Morgan fingerprint density at radius 2 is 1.73 bits per heavy atom. The Balaban J connectivity index is 1.48. The van der Waals surface area contributed by atoms with E-state index < -0.39 is 0 Å². The Labute approximate surface area is 155 Å². The Bertz CT molecular complexity index is 714. The second kappa shape index (κ2) is 8.47. The van der Waals surface area contributed by atoms with Gasteiger partial charge < -0.3 is 14.2 Å². The molecule has 1 aliphatic rings. The quantitative estimate of drug-likeness (QED) is 0.639. The highest BCUT2D eigenvalue weighted by molar-refractivity contribution is 5.96. The van der Waals surface area contributed by atoms with Crippen molar-refractivity contribution in [3.8, 4) is 11.5 Å². The van der Waals surface area contributed by atoms with Crippen molar-refractivity contribution in [3.63, 3.8) is 0 Å². The van der Waals surface area contributed by atoms with Crippen molar-refractivity contribution < 1.29 is 19.0 Å². The summed E-state index contributed by atoms with van der Waals surface area (Å²) in [6.45, 7) is 5.64. The van der Waals surface area contributed by atoms with Crippen LogP contribution in [0.3, 0.4) is 0 Å². The molecule has 1 fully saturated rings. The minimum absolute atomic E-state index is 0.0749. The van der Waals surface area contributed by atoms with E-state index in [0.717, 1.165) is 18.6 Å². The van der Waals surface area contributed by atoms with Gasteiger partial charge in [-0.3, -0.25) is 4.79 Å². The minimum Gasteiger partial charge on any atom is -0.457 e. The van der Waals surface area contributed by atoms with Gasteiger partial charge in [0.1, 0.15) is 11.5 Å². The SMILES string of the molecule is CC1(C)COC(CCCC(=O)c2cccc(Oc3ccccc3)c2)OC1. The van der Waals surface area contributed by atoms with Crippen LogP contribution in [0.4, 0.5) is 0 Å². The zero-order chi connectivity index (χ0) is 18.4. The average Bonchev–Trinajstić information content (AvgIpc) is 2.64. The first-order valence-electron chi connectivity index (χ1n) is 9.11. The van der Waals surface area contributed by atoms with E-state index >= 15 is 0 Å². The van der Waals surface area contributed by atoms with Crippen LogP contribution in [-0.4, -0.2) is 25.3 Å². The highest BCUT2D eigenvalue weighted by atomic mass is 16.7. The summed E-state index contributed by atoms with van der Waals surface area (Å²) in [6.07, 6.45) is 1.76. The van der Waals surface area contributed by atoms with Gasteiger partial charge >= 0.3 is 0 Å². The van der Waals surface area contributed by atoms with E-state index in [-0.39, 0.29) is 17.5 Å². The number of para-hydroxylation sites is 1. The van der Waals surface area contributed by atoms with Crippen LogP contribution in [0.15, 0.2) is 54.6 Å². The normalized spacial score (nSPS) is 17.0. The van der Waals surface area contributed by atoms with Crippen LogP contribution in [0.5, 0.6) is 11.5 Å². The molecule has 0 aromatic heterocycles. The summed E-state index contributed by atoms with van der Waals surface area (Å²) in [5.41, 5.74) is 0.746. The van der Waals surface area contributed by atoms with E-state index in [1.807, 2.05) is 48.5 Å². The molecule has 0 radical (unpaired) electrons. The van der Waals surface area contributed by atoms with E-state index in [1.165, 1.54) is 0 Å². The molecular weight excluding hydrogens is 328 g/mol. The number of rotatable bonds is 7. The van der Waals surface area contributed by atoms with Crippen LogP contribution >= 0.6 is 0 Å². The molecule has 3 rings (SSSR count). The number of Topliss-reactive ketones (excluding diaryl/α,β-unsaturated/α-hetero) is 1. The number of hydrogen-bond donors (Lipinski definition) is 0. The molecule has 1 aliphatic heterocycles. The van der Waals surface area contributed by atoms with Crippen molar-refractivity contribution >= 4 is 5.78 Å². The first kappa shape index (κ1) is 18.6. The van der Waals surface area contributed by atoms with E-state index in [1.54, 1.807) is 6.07 Å². The fourth-order valence-corrected chi connectivity index (χ4v) is 2.82. The average molecular weight is 354 g/mol. The highest BCUT2D eigenvalue weighted by Crippen LogP contribution is 2.26. The van der Waals surface area contributed by atoms with Crippen LogP contribution in [0.25, 0.3) is 0 Å². The monoisotopic (exact) mass is 354 g/mol. The van der Waals surface area contributed by atoms with Crippen LogP contribution < -0.4 is 4.74 Å². The third-order valence-electron chi connectivity index (χ3n) is 4.30. The van der Waals surface area contributed by atoms with Gasteiger partial charge in [0.25, 0.3) is 0 Å². The van der Waals surface area contributed by atoms with Gasteiger partial charge in [-0.15, -0.1) is 0 Å². The van der Waals surface area contributed by atoms with E-state index in [4.69, 9.17) is 14.2 Å². The zero-order valence-corrected chi connectivity index (χ0v) is 15.4. The summed E-state index contributed by atoms with van der Waals surface area (Å²) < 4.78 is 17.2. The predicted octanol–water partition coefficient (Wildman–Crippen LogP) is 5.23. The molecule has 0 unspecified atom stereocenters. The minimum atomic E-state index is -0.191. The van der Waals surface area contributed by atoms with E-state index in [2.05, 4.69) is 13.8 Å². The lowest BCUT2D eigenvalue weighted by Crippen LogP contribution is -2.37. The van der Waals surface area contributed by atoms with Gasteiger partial charge in [-0.1, -0.05) is 44.2 Å². The van der Waals surface area contributed by atoms with Crippen molar-refractivity contribution in [1.29, 1.82) is 0 Å². The van der Waals surface area contributed by atoms with Crippen molar-refractivity contribution in [3.05, 3.63) is 60.2 Å². The van der Waals surface area contributed by atoms with Crippen LogP contribution in [0.1, 0.15) is 43.5 Å². The molecule has 0 aliphatic carbocycles. The van der Waals surface area contributed by atoms with Gasteiger partial charge in [0.2, 0.25) is 0 Å². The Hall–Kier alpha value is -2.17. The lowest BCUT2D eigenvalue weighted by molar-refractivity contribution is -0.223. The number of ether oxygens (including phenoxy) is 3. The third kappa shape index (κ3) is 5.41. The lowest BCUT2D eigenvalue weighted by Gasteiger charge is -2.34. The van der Waals surface area contributed by atoms with Gasteiger partial charge in [0, 0.05) is 17.4 Å². The summed E-state index contributed by atoms with van der Waals surface area (Å²) in [4.78, 5) is 12.5. The summed E-state index contributed by atoms with van der Waals surface area (Å²) in [5.74, 6) is 1.54. The smallest absolute Gasteiger partial charge is 0.163 e. The van der Waals surface area contributed by atoms with Gasteiger partial charge in [0.15, 0.2) is 12.1 Å². The second-order valence-corrected chi connectivity index (χ2v) is 7.47. The maximum absolute atomic E-state index is 12.5. The summed E-state index contributed by atoms with van der Waals surface area (Å²) >= 11 is 0.